The molecular formula is C33H45N9O5. The van der Waals surface area contributed by atoms with Gasteiger partial charge in [0.05, 0.1) is 36.9 Å². The summed E-state index contributed by atoms with van der Waals surface area (Å²) >= 11 is 0. The van der Waals surface area contributed by atoms with Gasteiger partial charge in [-0.05, 0) is 92.5 Å². The van der Waals surface area contributed by atoms with E-state index in [4.69, 9.17) is 9.47 Å². The van der Waals surface area contributed by atoms with Crippen LogP contribution >= 0.6 is 0 Å². The Labute approximate surface area is 275 Å². The molecule has 0 aliphatic carbocycles. The quantitative estimate of drug-likeness (QED) is 0.198. The van der Waals surface area contributed by atoms with Gasteiger partial charge in [0.2, 0.25) is 5.91 Å². The number of rotatable bonds is 13. The van der Waals surface area contributed by atoms with E-state index >= 15 is 0 Å². The Morgan fingerprint density at radius 1 is 1.00 bits per heavy atom. The molecule has 0 spiro atoms. The van der Waals surface area contributed by atoms with E-state index in [2.05, 4.69) is 30.3 Å². The number of nitrogens with zero attached hydrogens (tertiary/aromatic N) is 9. The lowest BCUT2D eigenvalue weighted by atomic mass is 9.72. The minimum Gasteiger partial charge on any atom is -0.496 e. The molecule has 2 aromatic heterocycles. The number of tetrazole rings is 1. The van der Waals surface area contributed by atoms with Crippen molar-refractivity contribution in [2.45, 2.75) is 38.0 Å². The van der Waals surface area contributed by atoms with E-state index in [1.165, 1.54) is 11.0 Å². The molecule has 47 heavy (non-hydrogen) atoms. The first kappa shape index (κ1) is 33.9. The van der Waals surface area contributed by atoms with Crippen LogP contribution in [0.15, 0.2) is 49.1 Å². The number of esters is 1. The fourth-order valence-electron chi connectivity index (χ4n) is 6.51. The van der Waals surface area contributed by atoms with Crippen molar-refractivity contribution in [3.05, 3.63) is 60.2 Å². The number of carbonyl (C=O) groups excluding carboxylic acids is 3. The number of hydrogen-bond donors (Lipinski definition) is 0. The molecule has 2 amide bonds. The van der Waals surface area contributed by atoms with Crippen LogP contribution in [0, 0.1) is 0 Å². The maximum Gasteiger partial charge on any atom is 0.320 e. The summed E-state index contributed by atoms with van der Waals surface area (Å²) in [5.41, 5.74) is 1.49. The number of ether oxygens (including phenoxy) is 2. The maximum absolute atomic E-state index is 14.2. The average Bonchev–Trinajstić information content (AvgIpc) is 3.66. The Bertz CT molecular complexity index is 1470. The number of piperidine rings is 1. The zero-order valence-corrected chi connectivity index (χ0v) is 27.6. The second-order valence-electron chi connectivity index (χ2n) is 12.1. The van der Waals surface area contributed by atoms with E-state index in [0.29, 0.717) is 56.3 Å². The molecular weight excluding hydrogens is 602 g/mol. The second kappa shape index (κ2) is 15.9. The molecule has 0 saturated carbocycles. The number of carbonyl (C=O) groups is 3. The van der Waals surface area contributed by atoms with Crippen LogP contribution < -0.4 is 4.74 Å². The Kier molecular flexibility index (Phi) is 11.5. The van der Waals surface area contributed by atoms with Crippen LogP contribution in [0.3, 0.4) is 0 Å². The van der Waals surface area contributed by atoms with Gasteiger partial charge >= 0.3 is 5.97 Å². The lowest BCUT2D eigenvalue weighted by Gasteiger charge is -2.45. The third-order valence-corrected chi connectivity index (χ3v) is 9.24. The third-order valence-electron chi connectivity index (χ3n) is 9.24. The van der Waals surface area contributed by atoms with E-state index in [1.54, 1.807) is 50.4 Å². The first-order chi connectivity index (χ1) is 22.8. The summed E-state index contributed by atoms with van der Waals surface area (Å²) < 4.78 is 12.1. The van der Waals surface area contributed by atoms with E-state index in [0.717, 1.165) is 50.9 Å². The van der Waals surface area contributed by atoms with Gasteiger partial charge in [0.15, 0.2) is 0 Å². The van der Waals surface area contributed by atoms with Gasteiger partial charge in [0.1, 0.15) is 12.1 Å². The van der Waals surface area contributed by atoms with E-state index in [1.807, 2.05) is 23.2 Å². The summed E-state index contributed by atoms with van der Waals surface area (Å²) in [6.07, 6.45) is 8.27. The number of piperazine rings is 1. The lowest BCUT2D eigenvalue weighted by Crippen LogP contribution is -2.57. The molecule has 2 fully saturated rings. The number of methoxy groups -OCH3 is 1. The van der Waals surface area contributed by atoms with Crippen LogP contribution in [-0.2, 0) is 19.7 Å². The molecule has 3 aromatic rings. The normalized spacial score (nSPS) is 16.9. The van der Waals surface area contributed by atoms with Crippen molar-refractivity contribution in [2.75, 3.05) is 79.7 Å². The highest BCUT2D eigenvalue weighted by atomic mass is 16.5. The van der Waals surface area contributed by atoms with Gasteiger partial charge < -0.3 is 24.2 Å². The minimum atomic E-state index is -0.614. The molecule has 0 N–H and O–H groups in total. The van der Waals surface area contributed by atoms with Crippen molar-refractivity contribution in [2.24, 2.45) is 0 Å². The molecule has 4 heterocycles. The maximum atomic E-state index is 14.2. The smallest absolute Gasteiger partial charge is 0.320 e. The molecule has 14 nitrogen and oxygen atoms in total. The van der Waals surface area contributed by atoms with Crippen LogP contribution in [0.5, 0.6) is 5.75 Å². The first-order valence-corrected chi connectivity index (χ1v) is 16.3. The molecule has 252 valence electrons. The highest BCUT2D eigenvalue weighted by Crippen LogP contribution is 2.37. The summed E-state index contributed by atoms with van der Waals surface area (Å²) in [7, 11) is 3.35. The van der Waals surface area contributed by atoms with Crippen LogP contribution in [0.25, 0.3) is 5.69 Å². The number of benzene rings is 1. The number of unbranched alkanes of at least 4 members (excludes halogenated alkanes) is 1. The predicted molar refractivity (Wildman–Crippen MR) is 173 cm³/mol. The van der Waals surface area contributed by atoms with Crippen LogP contribution in [0.4, 0.5) is 0 Å². The zero-order chi connectivity index (χ0) is 33.2. The van der Waals surface area contributed by atoms with Gasteiger partial charge in [-0.3, -0.25) is 24.3 Å². The Hall–Kier alpha value is -4.43. The predicted octanol–water partition coefficient (Wildman–Crippen LogP) is 1.66. The minimum absolute atomic E-state index is 0.128. The number of hydrogen-bond acceptors (Lipinski definition) is 11. The first-order valence-electron chi connectivity index (χ1n) is 16.3. The van der Waals surface area contributed by atoms with Gasteiger partial charge in [0, 0.05) is 52.2 Å². The van der Waals surface area contributed by atoms with Crippen molar-refractivity contribution in [1.29, 1.82) is 0 Å². The SMILES string of the molecule is CCOC(=O)CN1CCN(C(=O)C2(c3cccnc3)CCN(CCCCN(C)C(=O)c3cc(-n4cnnn4)ccc3OC)CC2)CC1. The summed E-state index contributed by atoms with van der Waals surface area (Å²) in [5.74, 6) is 0.297. The van der Waals surface area contributed by atoms with Crippen molar-refractivity contribution in [3.8, 4) is 11.4 Å². The van der Waals surface area contributed by atoms with Crippen molar-refractivity contribution < 1.29 is 23.9 Å². The molecule has 14 heteroatoms. The zero-order valence-electron chi connectivity index (χ0n) is 27.6. The fourth-order valence-corrected chi connectivity index (χ4v) is 6.51. The average molecular weight is 648 g/mol. The Morgan fingerprint density at radius 3 is 2.45 bits per heavy atom. The summed E-state index contributed by atoms with van der Waals surface area (Å²) in [6.45, 7) is 8.00. The molecule has 0 bridgehead atoms. The summed E-state index contributed by atoms with van der Waals surface area (Å²) in [5, 5.41) is 11.3. The molecule has 2 saturated heterocycles. The topological polar surface area (TPSA) is 139 Å². The number of amides is 2. The van der Waals surface area contributed by atoms with Crippen molar-refractivity contribution >= 4 is 17.8 Å². The van der Waals surface area contributed by atoms with Gasteiger partial charge in [0.25, 0.3) is 5.91 Å². The standard InChI is InChI=1S/C33H45N9O5/c1-4-47-30(43)24-40-18-20-41(21-19-40)32(45)33(26-8-7-13-34-23-26)11-16-39(17-12-33)15-6-5-14-38(2)31(44)28-22-27(9-10-29(28)46-3)42-25-35-36-37-42/h7-10,13,22-23,25H,4-6,11-12,14-21,24H2,1-3H3. The van der Waals surface area contributed by atoms with E-state index < -0.39 is 5.41 Å². The van der Waals surface area contributed by atoms with Crippen molar-refractivity contribution in [1.82, 2.24) is 44.8 Å². The highest BCUT2D eigenvalue weighted by molar-refractivity contribution is 5.97. The molecule has 0 unspecified atom stereocenters. The van der Waals surface area contributed by atoms with Crippen LogP contribution in [0.2, 0.25) is 0 Å². The Balaban J connectivity index is 1.12. The number of likely N-dealkylation sites (tertiary alicyclic amines) is 1. The van der Waals surface area contributed by atoms with E-state index in [-0.39, 0.29) is 24.3 Å². The number of pyridine rings is 1. The number of aromatic nitrogens is 5. The molecule has 2 aliphatic rings. The molecule has 0 atom stereocenters. The van der Waals surface area contributed by atoms with Crippen molar-refractivity contribution in [3.63, 3.8) is 0 Å². The third kappa shape index (κ3) is 8.11. The molecule has 1 aromatic carbocycles. The van der Waals surface area contributed by atoms with Gasteiger partial charge in [-0.2, -0.15) is 0 Å². The highest BCUT2D eigenvalue weighted by Gasteiger charge is 2.45. The van der Waals surface area contributed by atoms with Crippen LogP contribution in [0.1, 0.15) is 48.5 Å². The fraction of sp³-hybridized carbons (Fsp3) is 0.545. The van der Waals surface area contributed by atoms with Gasteiger partial charge in [-0.1, -0.05) is 6.07 Å². The van der Waals surface area contributed by atoms with Gasteiger partial charge in [-0.15, -0.1) is 5.10 Å². The summed E-state index contributed by atoms with van der Waals surface area (Å²) in [6, 6.07) is 9.22. The molecule has 2 aliphatic heterocycles. The summed E-state index contributed by atoms with van der Waals surface area (Å²) in [4.78, 5) is 52.0. The van der Waals surface area contributed by atoms with Gasteiger partial charge in [-0.25, -0.2) is 4.68 Å². The van der Waals surface area contributed by atoms with E-state index in [9.17, 15) is 14.4 Å². The Morgan fingerprint density at radius 2 is 1.79 bits per heavy atom. The molecule has 5 rings (SSSR count). The largest absolute Gasteiger partial charge is 0.496 e. The molecule has 0 radical (unpaired) electrons. The lowest BCUT2D eigenvalue weighted by molar-refractivity contribution is -0.146. The van der Waals surface area contributed by atoms with Crippen LogP contribution in [-0.4, -0.2) is 142 Å². The second-order valence-corrected chi connectivity index (χ2v) is 12.1. The monoisotopic (exact) mass is 647 g/mol.